The van der Waals surface area contributed by atoms with Crippen molar-refractivity contribution in [3.05, 3.63) is 58.2 Å². The molecular weight excluding hydrogens is 319 g/mol. The van der Waals surface area contributed by atoms with Gasteiger partial charge in [-0.25, -0.2) is 4.39 Å². The van der Waals surface area contributed by atoms with Crippen molar-refractivity contribution < 1.29 is 14.0 Å². The summed E-state index contributed by atoms with van der Waals surface area (Å²) in [6.07, 6.45) is 2.30. The molecule has 1 aromatic carbocycles. The summed E-state index contributed by atoms with van der Waals surface area (Å²) in [5, 5.41) is 0. The van der Waals surface area contributed by atoms with E-state index in [9.17, 15) is 14.0 Å². The first-order valence-electron chi connectivity index (χ1n) is 8.57. The minimum Gasteiger partial charge on any atom is -0.349 e. The number of rotatable bonds is 4. The third kappa shape index (κ3) is 3.23. The second kappa shape index (κ2) is 6.82. The topological polar surface area (TPSA) is 42.3 Å². The Labute approximate surface area is 147 Å². The summed E-state index contributed by atoms with van der Waals surface area (Å²) in [5.41, 5.74) is 3.91. The highest BCUT2D eigenvalue weighted by atomic mass is 19.1. The van der Waals surface area contributed by atoms with Gasteiger partial charge in [0.05, 0.1) is 13.0 Å². The van der Waals surface area contributed by atoms with Crippen molar-refractivity contribution in [1.29, 1.82) is 0 Å². The number of aromatic nitrogens is 1. The van der Waals surface area contributed by atoms with E-state index in [1.54, 1.807) is 26.2 Å². The third-order valence-electron chi connectivity index (χ3n) is 4.97. The van der Waals surface area contributed by atoms with E-state index in [4.69, 9.17) is 0 Å². The average Bonchev–Trinajstić information content (AvgIpc) is 2.83. The Bertz CT molecular complexity index is 836. The van der Waals surface area contributed by atoms with Crippen LogP contribution in [0.2, 0.25) is 0 Å². The van der Waals surface area contributed by atoms with Crippen molar-refractivity contribution in [1.82, 2.24) is 9.47 Å². The Kier molecular flexibility index (Phi) is 4.75. The number of hydrogen-bond acceptors (Lipinski definition) is 2. The number of amides is 1. The fraction of sp³-hybridized carbons (Fsp3) is 0.400. The molecule has 0 saturated heterocycles. The highest BCUT2D eigenvalue weighted by molar-refractivity contribution is 6.01. The van der Waals surface area contributed by atoms with Gasteiger partial charge < -0.3 is 9.47 Å². The molecule has 0 spiro atoms. The van der Waals surface area contributed by atoms with Gasteiger partial charge in [0.15, 0.2) is 5.78 Å². The van der Waals surface area contributed by atoms with Crippen LogP contribution in [0.4, 0.5) is 4.39 Å². The van der Waals surface area contributed by atoms with Gasteiger partial charge in [0.1, 0.15) is 5.82 Å². The summed E-state index contributed by atoms with van der Waals surface area (Å²) in [6, 6.07) is 6.69. The Morgan fingerprint density at radius 3 is 2.64 bits per heavy atom. The molecule has 1 aliphatic rings. The minimum absolute atomic E-state index is 0.0349. The van der Waals surface area contributed by atoms with E-state index < -0.39 is 0 Å². The first-order valence-corrected chi connectivity index (χ1v) is 8.57. The zero-order valence-corrected chi connectivity index (χ0v) is 14.9. The summed E-state index contributed by atoms with van der Waals surface area (Å²) in [6.45, 7) is 2.30. The van der Waals surface area contributed by atoms with Crippen molar-refractivity contribution in [2.75, 3.05) is 14.1 Å². The van der Waals surface area contributed by atoms with Gasteiger partial charge >= 0.3 is 0 Å². The molecule has 0 N–H and O–H groups in total. The SMILES string of the molecule is Cc1c(CC(=O)N(C)C)c2c(n1Cc1ccccc1F)CCCC2=O. The summed E-state index contributed by atoms with van der Waals surface area (Å²) >= 11 is 0. The smallest absolute Gasteiger partial charge is 0.226 e. The fourth-order valence-corrected chi connectivity index (χ4v) is 3.52. The molecule has 1 aromatic heterocycles. The lowest BCUT2D eigenvalue weighted by Crippen LogP contribution is -2.24. The van der Waals surface area contributed by atoms with E-state index in [1.165, 1.54) is 11.0 Å². The maximum absolute atomic E-state index is 14.1. The van der Waals surface area contributed by atoms with Gasteiger partial charge in [-0.05, 0) is 31.4 Å². The summed E-state index contributed by atoms with van der Waals surface area (Å²) in [7, 11) is 3.42. The Hall–Kier alpha value is -2.43. The lowest BCUT2D eigenvalue weighted by molar-refractivity contribution is -0.127. The number of Topliss-reactive ketones (excluding diaryl/α,β-unsaturated/α-hetero) is 1. The number of fused-ring (bicyclic) bond motifs is 1. The maximum Gasteiger partial charge on any atom is 0.226 e. The molecule has 1 amide bonds. The quantitative estimate of drug-likeness (QED) is 0.857. The standard InChI is InChI=1S/C20H23FN2O2/c1-13-15(11-19(25)22(2)3)20-17(9-6-10-18(20)24)23(13)12-14-7-4-5-8-16(14)21/h4-5,7-8H,6,9-12H2,1-3H3. The molecule has 3 rings (SSSR count). The molecule has 0 atom stereocenters. The van der Waals surface area contributed by atoms with Crippen molar-refractivity contribution in [2.24, 2.45) is 0 Å². The summed E-state index contributed by atoms with van der Waals surface area (Å²) in [4.78, 5) is 26.3. The van der Waals surface area contributed by atoms with Gasteiger partial charge in [0, 0.05) is 43.0 Å². The number of hydrogen-bond donors (Lipinski definition) is 0. The van der Waals surface area contributed by atoms with E-state index in [0.29, 0.717) is 24.1 Å². The van der Waals surface area contributed by atoms with Crippen molar-refractivity contribution in [3.8, 4) is 0 Å². The molecule has 0 unspecified atom stereocenters. The summed E-state index contributed by atoms with van der Waals surface area (Å²) < 4.78 is 16.1. The monoisotopic (exact) mass is 342 g/mol. The van der Waals surface area contributed by atoms with Crippen LogP contribution in [0.15, 0.2) is 24.3 Å². The molecule has 25 heavy (non-hydrogen) atoms. The van der Waals surface area contributed by atoms with Gasteiger partial charge in [0.25, 0.3) is 0 Å². The first kappa shape index (κ1) is 17.4. The highest BCUT2D eigenvalue weighted by Gasteiger charge is 2.29. The van der Waals surface area contributed by atoms with Crippen LogP contribution in [-0.2, 0) is 24.2 Å². The molecule has 0 radical (unpaired) electrons. The lowest BCUT2D eigenvalue weighted by atomic mass is 9.92. The maximum atomic E-state index is 14.1. The lowest BCUT2D eigenvalue weighted by Gasteiger charge is -2.16. The highest BCUT2D eigenvalue weighted by Crippen LogP contribution is 2.31. The molecule has 1 aliphatic carbocycles. The van der Waals surface area contributed by atoms with Gasteiger partial charge in [-0.1, -0.05) is 18.2 Å². The Morgan fingerprint density at radius 2 is 1.96 bits per heavy atom. The van der Waals surface area contributed by atoms with Gasteiger partial charge in [0.2, 0.25) is 5.91 Å². The predicted octanol–water partition coefficient (Wildman–Crippen LogP) is 3.13. The van der Waals surface area contributed by atoms with Crippen LogP contribution in [0, 0.1) is 12.7 Å². The van der Waals surface area contributed by atoms with Crippen molar-refractivity contribution in [2.45, 2.75) is 39.2 Å². The molecule has 0 aliphatic heterocycles. The van der Waals surface area contributed by atoms with Gasteiger partial charge in [-0.3, -0.25) is 9.59 Å². The van der Waals surface area contributed by atoms with E-state index in [0.717, 1.165) is 29.8 Å². The molecule has 0 bridgehead atoms. The number of carbonyl (C=O) groups is 2. The van der Waals surface area contributed by atoms with Crippen LogP contribution in [0.25, 0.3) is 0 Å². The number of halogens is 1. The predicted molar refractivity (Wildman–Crippen MR) is 94.3 cm³/mol. The average molecular weight is 342 g/mol. The Morgan fingerprint density at radius 1 is 1.24 bits per heavy atom. The van der Waals surface area contributed by atoms with E-state index in [1.807, 2.05) is 17.6 Å². The molecule has 0 saturated carbocycles. The molecule has 132 valence electrons. The van der Waals surface area contributed by atoms with Crippen LogP contribution in [0.5, 0.6) is 0 Å². The number of nitrogens with zero attached hydrogens (tertiary/aromatic N) is 2. The van der Waals surface area contributed by atoms with Gasteiger partial charge in [-0.2, -0.15) is 0 Å². The van der Waals surface area contributed by atoms with Crippen molar-refractivity contribution in [3.63, 3.8) is 0 Å². The second-order valence-electron chi connectivity index (χ2n) is 6.80. The molecule has 2 aromatic rings. The van der Waals surface area contributed by atoms with E-state index in [-0.39, 0.29) is 23.9 Å². The van der Waals surface area contributed by atoms with Crippen LogP contribution >= 0.6 is 0 Å². The van der Waals surface area contributed by atoms with Crippen LogP contribution < -0.4 is 0 Å². The Balaban J connectivity index is 2.08. The minimum atomic E-state index is -0.252. The normalized spacial score (nSPS) is 13.7. The summed E-state index contributed by atoms with van der Waals surface area (Å²) in [5.74, 6) is -0.192. The number of carbonyl (C=O) groups excluding carboxylic acids is 2. The number of likely N-dealkylation sites (N-methyl/N-ethyl adjacent to an activating group) is 1. The molecule has 0 fully saturated rings. The molecule has 5 heteroatoms. The first-order chi connectivity index (χ1) is 11.9. The molecule has 4 nitrogen and oxygen atoms in total. The fourth-order valence-electron chi connectivity index (χ4n) is 3.52. The van der Waals surface area contributed by atoms with Gasteiger partial charge in [-0.15, -0.1) is 0 Å². The van der Waals surface area contributed by atoms with Crippen LogP contribution in [0.1, 0.15) is 45.7 Å². The van der Waals surface area contributed by atoms with E-state index in [2.05, 4.69) is 0 Å². The second-order valence-corrected chi connectivity index (χ2v) is 6.80. The van der Waals surface area contributed by atoms with E-state index >= 15 is 0 Å². The third-order valence-corrected chi connectivity index (χ3v) is 4.97. The van der Waals surface area contributed by atoms with Crippen LogP contribution in [0.3, 0.4) is 0 Å². The number of benzene rings is 1. The van der Waals surface area contributed by atoms with Crippen LogP contribution in [-0.4, -0.2) is 35.3 Å². The molecular formula is C20H23FN2O2. The number of ketones is 1. The largest absolute Gasteiger partial charge is 0.349 e. The van der Waals surface area contributed by atoms with Crippen molar-refractivity contribution >= 4 is 11.7 Å². The zero-order valence-electron chi connectivity index (χ0n) is 14.9. The molecule has 1 heterocycles. The zero-order chi connectivity index (χ0) is 18.1.